The van der Waals surface area contributed by atoms with Crippen molar-refractivity contribution in [2.45, 2.75) is 6.92 Å². The molecule has 76 valence electrons. The van der Waals surface area contributed by atoms with Crippen LogP contribution in [0, 0.1) is 12.3 Å². The molecule has 0 radical (unpaired) electrons. The van der Waals surface area contributed by atoms with Gasteiger partial charge in [-0.05, 0) is 35.3 Å². The molecule has 0 heterocycles. The van der Waals surface area contributed by atoms with Crippen LogP contribution in [0.3, 0.4) is 0 Å². The maximum absolute atomic E-state index is 7.32. The van der Waals surface area contributed by atoms with E-state index < -0.39 is 0 Å². The standard InChI is InChI=1S/C14H15N/c1-4-6-14(10-15)13-8-7-11(3)12(5-2)9-13/h4-10,15H,1-2H2,3H3/b14-6+,15-10?. The zero-order valence-corrected chi connectivity index (χ0v) is 8.96. The molecule has 1 heteroatoms. The maximum Gasteiger partial charge on any atom is 0.0256 e. The van der Waals surface area contributed by atoms with Crippen molar-refractivity contribution >= 4 is 17.9 Å². The predicted octanol–water partition coefficient (Wildman–Crippen LogP) is 3.86. The first-order chi connectivity index (χ1) is 7.22. The molecule has 0 aliphatic rings. The van der Waals surface area contributed by atoms with Gasteiger partial charge in [-0.15, -0.1) is 0 Å². The van der Waals surface area contributed by atoms with Crippen LogP contribution in [0.2, 0.25) is 0 Å². The fourth-order valence-electron chi connectivity index (χ4n) is 1.39. The second kappa shape index (κ2) is 5.11. The Labute approximate surface area is 91.0 Å². The molecule has 0 unspecified atom stereocenters. The van der Waals surface area contributed by atoms with Gasteiger partial charge in [-0.25, -0.2) is 0 Å². The fourth-order valence-corrected chi connectivity index (χ4v) is 1.39. The summed E-state index contributed by atoms with van der Waals surface area (Å²) in [5.74, 6) is 0. The molecule has 0 atom stereocenters. The zero-order valence-electron chi connectivity index (χ0n) is 8.96. The summed E-state index contributed by atoms with van der Waals surface area (Å²) in [6.07, 6.45) is 6.67. The Bertz CT molecular complexity index is 425. The van der Waals surface area contributed by atoms with Crippen molar-refractivity contribution in [1.29, 1.82) is 5.41 Å². The number of allylic oxidation sites excluding steroid dienone is 3. The van der Waals surface area contributed by atoms with E-state index in [2.05, 4.69) is 13.2 Å². The van der Waals surface area contributed by atoms with Crippen LogP contribution in [0.5, 0.6) is 0 Å². The molecule has 1 rings (SSSR count). The summed E-state index contributed by atoms with van der Waals surface area (Å²) in [4.78, 5) is 0. The van der Waals surface area contributed by atoms with Crippen molar-refractivity contribution in [3.8, 4) is 0 Å². The molecular formula is C14H15N. The van der Waals surface area contributed by atoms with Crippen LogP contribution in [-0.2, 0) is 0 Å². The summed E-state index contributed by atoms with van der Waals surface area (Å²) < 4.78 is 0. The minimum Gasteiger partial charge on any atom is -0.308 e. The van der Waals surface area contributed by atoms with Crippen molar-refractivity contribution in [3.05, 3.63) is 60.2 Å². The molecule has 0 aliphatic heterocycles. The summed E-state index contributed by atoms with van der Waals surface area (Å²) in [5, 5.41) is 7.32. The van der Waals surface area contributed by atoms with Gasteiger partial charge in [-0.2, -0.15) is 0 Å². The number of nitrogens with one attached hydrogen (secondary N) is 1. The Hall–Kier alpha value is -1.89. The first-order valence-corrected chi connectivity index (χ1v) is 4.79. The lowest BCUT2D eigenvalue weighted by Gasteiger charge is -2.05. The highest BCUT2D eigenvalue weighted by Gasteiger charge is 2.00. The van der Waals surface area contributed by atoms with E-state index in [0.29, 0.717) is 0 Å². The van der Waals surface area contributed by atoms with Gasteiger partial charge in [0.1, 0.15) is 0 Å². The molecule has 1 aromatic carbocycles. The van der Waals surface area contributed by atoms with Gasteiger partial charge in [0, 0.05) is 6.21 Å². The molecule has 0 saturated carbocycles. The van der Waals surface area contributed by atoms with Gasteiger partial charge in [0.15, 0.2) is 0 Å². The number of aryl methyl sites for hydroxylation is 1. The Kier molecular flexibility index (Phi) is 3.81. The van der Waals surface area contributed by atoms with Gasteiger partial charge in [-0.3, -0.25) is 0 Å². The van der Waals surface area contributed by atoms with Crippen molar-refractivity contribution in [1.82, 2.24) is 0 Å². The van der Waals surface area contributed by atoms with E-state index in [1.54, 1.807) is 6.08 Å². The zero-order chi connectivity index (χ0) is 11.3. The van der Waals surface area contributed by atoms with E-state index in [4.69, 9.17) is 5.41 Å². The summed E-state index contributed by atoms with van der Waals surface area (Å²) in [6, 6.07) is 6.07. The Balaban J connectivity index is 3.26. The molecule has 1 aromatic rings. The number of benzene rings is 1. The molecule has 0 bridgehead atoms. The topological polar surface area (TPSA) is 23.9 Å². The molecule has 15 heavy (non-hydrogen) atoms. The van der Waals surface area contributed by atoms with Gasteiger partial charge < -0.3 is 5.41 Å². The minimum atomic E-state index is 0.855. The highest BCUT2D eigenvalue weighted by molar-refractivity contribution is 6.08. The van der Waals surface area contributed by atoms with Gasteiger partial charge in [0.25, 0.3) is 0 Å². The number of hydrogen-bond donors (Lipinski definition) is 1. The first-order valence-electron chi connectivity index (χ1n) is 4.79. The third kappa shape index (κ3) is 2.53. The normalized spacial score (nSPS) is 10.9. The molecule has 0 aromatic heterocycles. The van der Waals surface area contributed by atoms with E-state index in [-0.39, 0.29) is 0 Å². The summed E-state index contributed by atoms with van der Waals surface area (Å²) in [6.45, 7) is 9.45. The molecule has 1 nitrogen and oxygen atoms in total. The van der Waals surface area contributed by atoms with Crippen molar-refractivity contribution < 1.29 is 0 Å². The van der Waals surface area contributed by atoms with Crippen molar-refractivity contribution in [2.24, 2.45) is 0 Å². The Morgan fingerprint density at radius 1 is 1.33 bits per heavy atom. The summed E-state index contributed by atoms with van der Waals surface area (Å²) >= 11 is 0. The molecule has 1 N–H and O–H groups in total. The SMILES string of the molecule is C=C/C=C(\C=N)c1ccc(C)c(C=C)c1. The second-order valence-electron chi connectivity index (χ2n) is 3.28. The van der Waals surface area contributed by atoms with Crippen molar-refractivity contribution in [2.75, 3.05) is 0 Å². The highest BCUT2D eigenvalue weighted by Crippen LogP contribution is 2.18. The number of rotatable bonds is 4. The second-order valence-corrected chi connectivity index (χ2v) is 3.28. The van der Waals surface area contributed by atoms with Gasteiger partial charge >= 0.3 is 0 Å². The Morgan fingerprint density at radius 3 is 2.60 bits per heavy atom. The molecule has 0 spiro atoms. The van der Waals surface area contributed by atoms with Crippen LogP contribution >= 0.6 is 0 Å². The largest absolute Gasteiger partial charge is 0.308 e. The molecule has 0 amide bonds. The molecule has 0 fully saturated rings. The van der Waals surface area contributed by atoms with Crippen LogP contribution in [0.4, 0.5) is 0 Å². The number of hydrogen-bond acceptors (Lipinski definition) is 1. The quantitative estimate of drug-likeness (QED) is 0.560. The lowest BCUT2D eigenvalue weighted by atomic mass is 10.00. The van der Waals surface area contributed by atoms with E-state index >= 15 is 0 Å². The van der Waals surface area contributed by atoms with Crippen LogP contribution in [0.1, 0.15) is 16.7 Å². The van der Waals surface area contributed by atoms with Crippen LogP contribution in [-0.4, -0.2) is 6.21 Å². The van der Waals surface area contributed by atoms with Crippen LogP contribution in [0.25, 0.3) is 11.6 Å². The first kappa shape index (κ1) is 11.2. The Morgan fingerprint density at radius 2 is 2.07 bits per heavy atom. The smallest absolute Gasteiger partial charge is 0.0256 e. The maximum atomic E-state index is 7.32. The lowest BCUT2D eigenvalue weighted by molar-refractivity contribution is 1.43. The van der Waals surface area contributed by atoms with Gasteiger partial charge in [0.05, 0.1) is 0 Å². The lowest BCUT2D eigenvalue weighted by Crippen LogP contribution is -1.88. The third-order valence-corrected chi connectivity index (χ3v) is 2.29. The van der Waals surface area contributed by atoms with Crippen LogP contribution in [0.15, 0.2) is 43.5 Å². The average molecular weight is 197 g/mol. The van der Waals surface area contributed by atoms with Gasteiger partial charge in [-0.1, -0.05) is 43.5 Å². The third-order valence-electron chi connectivity index (χ3n) is 2.29. The van der Waals surface area contributed by atoms with Crippen LogP contribution < -0.4 is 0 Å². The summed E-state index contributed by atoms with van der Waals surface area (Å²) in [7, 11) is 0. The van der Waals surface area contributed by atoms with E-state index in [0.717, 1.165) is 16.7 Å². The molecular weight excluding hydrogens is 182 g/mol. The van der Waals surface area contributed by atoms with Gasteiger partial charge in [0.2, 0.25) is 0 Å². The monoisotopic (exact) mass is 197 g/mol. The van der Waals surface area contributed by atoms with Crippen molar-refractivity contribution in [3.63, 3.8) is 0 Å². The highest BCUT2D eigenvalue weighted by atomic mass is 14.3. The minimum absolute atomic E-state index is 0.855. The fraction of sp³-hybridized carbons (Fsp3) is 0.0714. The average Bonchev–Trinajstić information content (AvgIpc) is 2.27. The predicted molar refractivity (Wildman–Crippen MR) is 68.2 cm³/mol. The molecule has 0 aliphatic carbocycles. The van der Waals surface area contributed by atoms with E-state index in [9.17, 15) is 0 Å². The molecule has 0 saturated heterocycles. The summed E-state index contributed by atoms with van der Waals surface area (Å²) in [5.41, 5.74) is 4.17. The van der Waals surface area contributed by atoms with E-state index in [1.165, 1.54) is 11.8 Å². The van der Waals surface area contributed by atoms with E-state index in [1.807, 2.05) is 37.3 Å².